The average Bonchev–Trinajstić information content (AvgIpc) is 3.20. The number of aryl methyl sites for hydroxylation is 1. The third-order valence-corrected chi connectivity index (χ3v) is 8.35. The molecule has 3 rings (SSSR count). The van der Waals surface area contributed by atoms with Gasteiger partial charge in [-0.25, -0.2) is 8.42 Å². The topological polar surface area (TPSA) is 63.7 Å². The first kappa shape index (κ1) is 20.0. The van der Waals surface area contributed by atoms with Gasteiger partial charge in [-0.3, -0.25) is 4.79 Å². The Balaban J connectivity index is 1.95. The van der Waals surface area contributed by atoms with Crippen molar-refractivity contribution in [3.8, 4) is 0 Å². The minimum absolute atomic E-state index is 0.153. The molecule has 1 aromatic heterocycles. The minimum atomic E-state index is -3.60. The van der Waals surface area contributed by atoms with E-state index < -0.39 is 15.4 Å². The van der Waals surface area contributed by atoms with Crippen molar-refractivity contribution < 1.29 is 17.9 Å². The van der Waals surface area contributed by atoms with Crippen LogP contribution in [0.2, 0.25) is 0 Å². The van der Waals surface area contributed by atoms with Crippen LogP contribution >= 0.6 is 11.3 Å². The van der Waals surface area contributed by atoms with E-state index in [4.69, 9.17) is 4.74 Å². The summed E-state index contributed by atoms with van der Waals surface area (Å²) in [6.45, 7) is 4.65. The Labute approximate surface area is 165 Å². The summed E-state index contributed by atoms with van der Waals surface area (Å²) in [7, 11) is -3.60. The van der Waals surface area contributed by atoms with Gasteiger partial charge in [0.25, 0.3) is 10.0 Å². The molecule has 0 unspecified atom stereocenters. The van der Waals surface area contributed by atoms with E-state index in [1.54, 1.807) is 24.4 Å². The SMILES string of the molecule is CCOC(=O)[C@@]1(Cc2ccccc2C)CCCN(S(=O)(=O)c2cccs2)C1. The maximum atomic E-state index is 13.0. The summed E-state index contributed by atoms with van der Waals surface area (Å²) in [5.74, 6) is -0.306. The molecule has 1 aliphatic heterocycles. The number of nitrogens with zero attached hydrogens (tertiary/aromatic N) is 1. The summed E-state index contributed by atoms with van der Waals surface area (Å²) >= 11 is 1.20. The van der Waals surface area contributed by atoms with Crippen molar-refractivity contribution in [2.24, 2.45) is 5.41 Å². The smallest absolute Gasteiger partial charge is 0.313 e. The quantitative estimate of drug-likeness (QED) is 0.686. The van der Waals surface area contributed by atoms with E-state index in [1.807, 2.05) is 31.2 Å². The number of thiophene rings is 1. The number of hydrogen-bond donors (Lipinski definition) is 0. The van der Waals surface area contributed by atoms with Crippen LogP contribution in [0.5, 0.6) is 0 Å². The molecule has 2 aromatic rings. The Morgan fingerprint density at radius 3 is 2.70 bits per heavy atom. The lowest BCUT2D eigenvalue weighted by Crippen LogP contribution is -2.51. The van der Waals surface area contributed by atoms with Gasteiger partial charge in [-0.1, -0.05) is 30.3 Å². The minimum Gasteiger partial charge on any atom is -0.466 e. The fraction of sp³-hybridized carbons (Fsp3) is 0.450. The first-order chi connectivity index (χ1) is 12.9. The molecule has 0 bridgehead atoms. The van der Waals surface area contributed by atoms with Crippen molar-refractivity contribution in [3.05, 3.63) is 52.9 Å². The lowest BCUT2D eigenvalue weighted by molar-refractivity contribution is -0.157. The molecule has 0 amide bonds. The molecule has 1 aromatic carbocycles. The van der Waals surface area contributed by atoms with Crippen LogP contribution in [-0.2, 0) is 26.0 Å². The van der Waals surface area contributed by atoms with Gasteiger partial charge in [-0.2, -0.15) is 4.31 Å². The molecule has 0 aliphatic carbocycles. The number of rotatable bonds is 6. The summed E-state index contributed by atoms with van der Waals surface area (Å²) in [6, 6.07) is 11.3. The molecular weight excluding hydrogens is 382 g/mol. The summed E-state index contributed by atoms with van der Waals surface area (Å²) in [6.07, 6.45) is 1.74. The maximum absolute atomic E-state index is 13.0. The van der Waals surface area contributed by atoms with Crippen LogP contribution < -0.4 is 0 Å². The first-order valence-corrected chi connectivity index (χ1v) is 11.5. The molecule has 0 spiro atoms. The van der Waals surface area contributed by atoms with E-state index >= 15 is 0 Å². The zero-order valence-electron chi connectivity index (χ0n) is 15.7. The zero-order chi connectivity index (χ0) is 19.5. The number of benzene rings is 1. The third kappa shape index (κ3) is 4.10. The number of piperidine rings is 1. The molecule has 0 radical (unpaired) electrons. The summed E-state index contributed by atoms with van der Waals surface area (Å²) in [5.41, 5.74) is 1.30. The molecular formula is C20H25NO4S2. The van der Waals surface area contributed by atoms with E-state index in [0.717, 1.165) is 11.1 Å². The largest absolute Gasteiger partial charge is 0.466 e. The summed E-state index contributed by atoms with van der Waals surface area (Å²) in [4.78, 5) is 13.0. The van der Waals surface area contributed by atoms with Gasteiger partial charge in [0.05, 0.1) is 12.0 Å². The van der Waals surface area contributed by atoms with Crippen molar-refractivity contribution in [2.75, 3.05) is 19.7 Å². The average molecular weight is 408 g/mol. The Morgan fingerprint density at radius 2 is 2.04 bits per heavy atom. The van der Waals surface area contributed by atoms with Crippen LogP contribution in [0.15, 0.2) is 46.0 Å². The molecule has 146 valence electrons. The van der Waals surface area contributed by atoms with Crippen molar-refractivity contribution in [2.45, 2.75) is 37.3 Å². The van der Waals surface area contributed by atoms with Gasteiger partial charge in [-0.05, 0) is 55.7 Å². The number of carbonyl (C=O) groups is 1. The van der Waals surface area contributed by atoms with E-state index in [-0.39, 0.29) is 19.1 Å². The van der Waals surface area contributed by atoms with Gasteiger partial charge in [-0.15, -0.1) is 11.3 Å². The zero-order valence-corrected chi connectivity index (χ0v) is 17.3. The van der Waals surface area contributed by atoms with Crippen molar-refractivity contribution >= 4 is 27.3 Å². The van der Waals surface area contributed by atoms with Gasteiger partial charge in [0.2, 0.25) is 0 Å². The van der Waals surface area contributed by atoms with E-state index in [0.29, 0.717) is 30.0 Å². The van der Waals surface area contributed by atoms with Crippen molar-refractivity contribution in [1.29, 1.82) is 0 Å². The number of esters is 1. The second-order valence-corrected chi connectivity index (χ2v) is 10.1. The van der Waals surface area contributed by atoms with Gasteiger partial charge >= 0.3 is 5.97 Å². The lowest BCUT2D eigenvalue weighted by atomic mass is 9.75. The monoisotopic (exact) mass is 407 g/mol. The molecule has 1 aliphatic rings. The van der Waals surface area contributed by atoms with Crippen LogP contribution in [0.3, 0.4) is 0 Å². The highest BCUT2D eigenvalue weighted by atomic mass is 32.2. The number of sulfonamides is 1. The Kier molecular flexibility index (Phi) is 6.03. The van der Waals surface area contributed by atoms with Crippen LogP contribution in [-0.4, -0.2) is 38.4 Å². The molecule has 1 saturated heterocycles. The lowest BCUT2D eigenvalue weighted by Gasteiger charge is -2.40. The molecule has 2 heterocycles. The predicted molar refractivity (Wildman–Crippen MR) is 106 cm³/mol. The van der Waals surface area contributed by atoms with Crippen molar-refractivity contribution in [1.82, 2.24) is 4.31 Å². The van der Waals surface area contributed by atoms with Gasteiger partial charge in [0.15, 0.2) is 0 Å². The second-order valence-electron chi connectivity index (χ2n) is 6.98. The first-order valence-electron chi connectivity index (χ1n) is 9.14. The van der Waals surface area contributed by atoms with Gasteiger partial charge in [0.1, 0.15) is 4.21 Å². The van der Waals surface area contributed by atoms with Crippen LogP contribution in [0.4, 0.5) is 0 Å². The van der Waals surface area contributed by atoms with E-state index in [1.165, 1.54) is 15.6 Å². The maximum Gasteiger partial charge on any atom is 0.313 e. The summed E-state index contributed by atoms with van der Waals surface area (Å²) < 4.78 is 33.2. The Bertz CT molecular complexity index is 892. The Hall–Kier alpha value is -1.70. The van der Waals surface area contributed by atoms with E-state index in [9.17, 15) is 13.2 Å². The fourth-order valence-electron chi connectivity index (χ4n) is 3.67. The van der Waals surface area contributed by atoms with Gasteiger partial charge in [0, 0.05) is 13.1 Å². The molecule has 1 fully saturated rings. The highest BCUT2D eigenvalue weighted by molar-refractivity contribution is 7.91. The molecule has 27 heavy (non-hydrogen) atoms. The standard InChI is InChI=1S/C20H25NO4S2/c1-3-25-19(22)20(14-17-9-5-4-8-16(17)2)11-7-12-21(15-20)27(23,24)18-10-6-13-26-18/h4-6,8-10,13H,3,7,11-12,14-15H2,1-2H3/t20-/m1/s1. The van der Waals surface area contributed by atoms with Crippen LogP contribution in [0.1, 0.15) is 30.9 Å². The van der Waals surface area contributed by atoms with Crippen LogP contribution in [0, 0.1) is 12.3 Å². The molecule has 5 nitrogen and oxygen atoms in total. The number of ether oxygens (including phenoxy) is 1. The third-order valence-electron chi connectivity index (χ3n) is 5.13. The van der Waals surface area contributed by atoms with Crippen LogP contribution in [0.25, 0.3) is 0 Å². The molecule has 1 atom stereocenters. The molecule has 0 saturated carbocycles. The molecule has 0 N–H and O–H groups in total. The summed E-state index contributed by atoms with van der Waals surface area (Å²) in [5, 5.41) is 1.75. The fourth-order valence-corrected chi connectivity index (χ4v) is 6.38. The second kappa shape index (κ2) is 8.12. The highest BCUT2D eigenvalue weighted by Gasteiger charge is 2.47. The normalized spacial score (nSPS) is 21.1. The molecule has 7 heteroatoms. The number of carbonyl (C=O) groups excluding carboxylic acids is 1. The van der Waals surface area contributed by atoms with Gasteiger partial charge < -0.3 is 4.74 Å². The number of hydrogen-bond acceptors (Lipinski definition) is 5. The highest BCUT2D eigenvalue weighted by Crippen LogP contribution is 2.38. The van der Waals surface area contributed by atoms with E-state index in [2.05, 4.69) is 0 Å². The van der Waals surface area contributed by atoms with Crippen molar-refractivity contribution in [3.63, 3.8) is 0 Å². The predicted octanol–water partition coefficient (Wildman–Crippen LogP) is 3.63. The Morgan fingerprint density at radius 1 is 1.26 bits per heavy atom.